The molecule has 2 N–H and O–H groups in total. The van der Waals surface area contributed by atoms with Crippen molar-refractivity contribution >= 4 is 11.6 Å². The predicted octanol–water partition coefficient (Wildman–Crippen LogP) is 1.70. The number of hydrogen-bond donors (Lipinski definition) is 2. The zero-order valence-corrected chi connectivity index (χ0v) is 13.5. The van der Waals surface area contributed by atoms with Gasteiger partial charge in [-0.25, -0.2) is 0 Å². The van der Waals surface area contributed by atoms with Crippen LogP contribution in [0.15, 0.2) is 0 Å². The molecule has 8 nitrogen and oxygen atoms in total. The van der Waals surface area contributed by atoms with Crippen molar-refractivity contribution < 1.29 is 14.8 Å². The number of carbonyl (C=O) groups is 1. The van der Waals surface area contributed by atoms with Crippen molar-refractivity contribution in [1.29, 1.82) is 0 Å². The fourth-order valence-electron chi connectivity index (χ4n) is 2.68. The Labute approximate surface area is 129 Å². The van der Waals surface area contributed by atoms with Crippen LogP contribution in [0.2, 0.25) is 0 Å². The Bertz CT molecular complexity index is 547. The lowest BCUT2D eigenvalue weighted by atomic mass is 9.92. The second kappa shape index (κ2) is 7.35. The molecule has 0 saturated carbocycles. The molecular weight excluding hydrogens is 288 g/mol. The highest BCUT2D eigenvalue weighted by Gasteiger charge is 2.31. The number of hydrogen-bond acceptors (Lipinski definition) is 5. The summed E-state index contributed by atoms with van der Waals surface area (Å²) in [4.78, 5) is 22.8. The van der Waals surface area contributed by atoms with Crippen LogP contribution < -0.4 is 5.32 Å². The Balaban J connectivity index is 2.92. The maximum atomic E-state index is 12.3. The smallest absolute Gasteiger partial charge is 0.322 e. The van der Waals surface area contributed by atoms with Gasteiger partial charge in [-0.2, -0.15) is 5.10 Å². The molecule has 8 heteroatoms. The van der Waals surface area contributed by atoms with E-state index in [1.54, 1.807) is 0 Å². The Morgan fingerprint density at radius 3 is 2.41 bits per heavy atom. The van der Waals surface area contributed by atoms with Gasteiger partial charge in [0.05, 0.1) is 10.5 Å². The molecule has 22 heavy (non-hydrogen) atoms. The van der Waals surface area contributed by atoms with Crippen LogP contribution in [0, 0.1) is 17.0 Å². The van der Waals surface area contributed by atoms with Gasteiger partial charge in [0.2, 0.25) is 5.69 Å². The number of aliphatic hydroxyl groups is 1. The summed E-state index contributed by atoms with van der Waals surface area (Å²) in [6.07, 6.45) is 2.70. The van der Waals surface area contributed by atoms with E-state index in [9.17, 15) is 20.0 Å². The number of nitrogens with one attached hydrogen (secondary N) is 1. The number of carbonyl (C=O) groups excluding carboxylic acids is 1. The normalized spacial score (nSPS) is 11.5. The van der Waals surface area contributed by atoms with Crippen molar-refractivity contribution in [1.82, 2.24) is 15.1 Å². The molecule has 1 rings (SSSR count). The van der Waals surface area contributed by atoms with Gasteiger partial charge in [-0.1, -0.05) is 26.7 Å². The van der Waals surface area contributed by atoms with Gasteiger partial charge in [0, 0.05) is 13.6 Å². The summed E-state index contributed by atoms with van der Waals surface area (Å²) >= 11 is 0. The van der Waals surface area contributed by atoms with Gasteiger partial charge in [-0.05, 0) is 19.8 Å². The topological polar surface area (TPSA) is 110 Å². The summed E-state index contributed by atoms with van der Waals surface area (Å²) in [6.45, 7) is 5.46. The largest absolute Gasteiger partial charge is 0.388 e. The highest BCUT2D eigenvalue weighted by atomic mass is 16.6. The van der Waals surface area contributed by atoms with Crippen LogP contribution in [0.3, 0.4) is 0 Å². The summed E-state index contributed by atoms with van der Waals surface area (Å²) in [7, 11) is 1.49. The fourth-order valence-corrected chi connectivity index (χ4v) is 2.68. The minimum absolute atomic E-state index is 0.0644. The first kappa shape index (κ1) is 18.1. The number of aryl methyl sites for hydroxylation is 2. The van der Waals surface area contributed by atoms with Crippen LogP contribution in [0.25, 0.3) is 0 Å². The summed E-state index contributed by atoms with van der Waals surface area (Å²) in [5.74, 6) is -0.597. The fraction of sp³-hybridized carbons (Fsp3) is 0.714. The van der Waals surface area contributed by atoms with Crippen LogP contribution in [0.1, 0.15) is 55.7 Å². The van der Waals surface area contributed by atoms with Crippen molar-refractivity contribution in [3.8, 4) is 0 Å². The lowest BCUT2D eigenvalue weighted by Crippen LogP contribution is -2.43. The molecule has 0 fully saturated rings. The Morgan fingerprint density at radius 1 is 1.41 bits per heavy atom. The summed E-state index contributed by atoms with van der Waals surface area (Å²) in [6, 6.07) is 0. The van der Waals surface area contributed by atoms with Crippen LogP contribution in [0.4, 0.5) is 5.69 Å². The Kier molecular flexibility index (Phi) is 6.04. The first-order chi connectivity index (χ1) is 10.3. The number of amides is 1. The van der Waals surface area contributed by atoms with E-state index in [0.717, 1.165) is 12.8 Å². The first-order valence-electron chi connectivity index (χ1n) is 7.44. The number of aromatic nitrogens is 2. The molecule has 1 aromatic heterocycles. The van der Waals surface area contributed by atoms with E-state index in [0.29, 0.717) is 12.8 Å². The Morgan fingerprint density at radius 2 is 1.95 bits per heavy atom. The monoisotopic (exact) mass is 312 g/mol. The molecule has 0 saturated heterocycles. The van der Waals surface area contributed by atoms with Gasteiger partial charge in [0.25, 0.3) is 5.91 Å². The number of rotatable bonds is 8. The third-order valence-corrected chi connectivity index (χ3v) is 3.60. The van der Waals surface area contributed by atoms with Gasteiger partial charge in [0.15, 0.2) is 0 Å². The van der Waals surface area contributed by atoms with E-state index in [1.807, 2.05) is 13.8 Å². The molecule has 124 valence electrons. The molecule has 0 atom stereocenters. The van der Waals surface area contributed by atoms with Crippen molar-refractivity contribution in [2.75, 3.05) is 6.54 Å². The van der Waals surface area contributed by atoms with Crippen LogP contribution in [0.5, 0.6) is 0 Å². The van der Waals surface area contributed by atoms with Crippen LogP contribution in [-0.2, 0) is 7.05 Å². The van der Waals surface area contributed by atoms with E-state index in [1.165, 1.54) is 18.7 Å². The molecule has 0 aliphatic rings. The molecule has 1 amide bonds. The van der Waals surface area contributed by atoms with E-state index < -0.39 is 16.4 Å². The van der Waals surface area contributed by atoms with Crippen molar-refractivity contribution in [3.05, 3.63) is 21.5 Å². The van der Waals surface area contributed by atoms with Gasteiger partial charge < -0.3 is 10.4 Å². The van der Waals surface area contributed by atoms with Crippen molar-refractivity contribution in [2.24, 2.45) is 7.05 Å². The summed E-state index contributed by atoms with van der Waals surface area (Å²) in [5.41, 5.74) is -1.19. The minimum Gasteiger partial charge on any atom is -0.388 e. The zero-order chi connectivity index (χ0) is 16.9. The van der Waals surface area contributed by atoms with E-state index in [2.05, 4.69) is 10.4 Å². The highest BCUT2D eigenvalue weighted by molar-refractivity contribution is 5.96. The summed E-state index contributed by atoms with van der Waals surface area (Å²) in [5, 5.41) is 28.1. The van der Waals surface area contributed by atoms with Gasteiger partial charge in [0.1, 0.15) is 5.69 Å². The number of nitrogens with zero attached hydrogens (tertiary/aromatic N) is 3. The zero-order valence-electron chi connectivity index (χ0n) is 13.5. The summed E-state index contributed by atoms with van der Waals surface area (Å²) < 4.78 is 1.20. The third kappa shape index (κ3) is 4.03. The molecule has 0 spiro atoms. The first-order valence-corrected chi connectivity index (χ1v) is 7.44. The van der Waals surface area contributed by atoms with Crippen molar-refractivity contribution in [2.45, 2.75) is 52.1 Å². The predicted molar refractivity (Wildman–Crippen MR) is 81.7 cm³/mol. The lowest BCUT2D eigenvalue weighted by molar-refractivity contribution is -0.385. The van der Waals surface area contributed by atoms with E-state index in [-0.39, 0.29) is 23.6 Å². The molecule has 1 heterocycles. The maximum Gasteiger partial charge on any atom is 0.322 e. The standard InChI is InChI=1S/C14H24N4O4/c1-5-7-14(20,8-6-2)9-15-13(19)12-11(18(21)22)10(3)16-17(12)4/h20H,5-9H2,1-4H3,(H,15,19). The van der Waals surface area contributed by atoms with Crippen molar-refractivity contribution in [3.63, 3.8) is 0 Å². The molecular formula is C14H24N4O4. The van der Waals surface area contributed by atoms with E-state index >= 15 is 0 Å². The molecule has 0 unspecified atom stereocenters. The second-order valence-electron chi connectivity index (χ2n) is 5.57. The maximum absolute atomic E-state index is 12.3. The molecule has 0 aromatic carbocycles. The average molecular weight is 312 g/mol. The molecule has 0 radical (unpaired) electrons. The SMILES string of the molecule is CCCC(O)(CCC)CNC(=O)c1c([N+](=O)[O-])c(C)nn1C. The van der Waals surface area contributed by atoms with Gasteiger partial charge in [-0.15, -0.1) is 0 Å². The number of nitro groups is 1. The molecule has 0 aliphatic carbocycles. The molecule has 0 bridgehead atoms. The average Bonchev–Trinajstić information content (AvgIpc) is 2.71. The van der Waals surface area contributed by atoms with Crippen LogP contribution in [-0.4, -0.2) is 37.9 Å². The van der Waals surface area contributed by atoms with Crippen LogP contribution >= 0.6 is 0 Å². The highest BCUT2D eigenvalue weighted by Crippen LogP contribution is 2.23. The molecule has 1 aromatic rings. The third-order valence-electron chi connectivity index (χ3n) is 3.60. The second-order valence-corrected chi connectivity index (χ2v) is 5.57. The van der Waals surface area contributed by atoms with Gasteiger partial charge >= 0.3 is 5.69 Å². The Hall–Kier alpha value is -1.96. The minimum atomic E-state index is -0.985. The lowest BCUT2D eigenvalue weighted by Gasteiger charge is -2.27. The quantitative estimate of drug-likeness (QED) is 0.560. The van der Waals surface area contributed by atoms with E-state index in [4.69, 9.17) is 0 Å². The van der Waals surface area contributed by atoms with Gasteiger partial charge in [-0.3, -0.25) is 19.6 Å². The molecule has 0 aliphatic heterocycles.